The third kappa shape index (κ3) is 25.6. The Balaban J connectivity index is 0.000000173. The Hall–Kier alpha value is -9.79. The second-order valence-electron chi connectivity index (χ2n) is 34.0. The molecule has 598 valence electrons. The van der Waals surface area contributed by atoms with Gasteiger partial charge in [0.05, 0.1) is 80.9 Å². The molecule has 8 heterocycles. The molecule has 0 amide bonds. The second-order valence-corrected chi connectivity index (χ2v) is 34.9. The fourth-order valence-corrected chi connectivity index (χ4v) is 16.0. The Labute approximate surface area is 675 Å². The first-order valence-electron chi connectivity index (χ1n) is 39.4. The highest BCUT2D eigenvalue weighted by Gasteiger charge is 2.47. The number of nitrogens with one attached hydrogen (secondary N) is 4. The zero-order valence-electron chi connectivity index (χ0n) is 67.4. The lowest BCUT2D eigenvalue weighted by Crippen LogP contribution is -2.50. The Bertz CT molecular complexity index is 4630. The summed E-state index contributed by atoms with van der Waals surface area (Å²) in [7, 11) is 0. The zero-order chi connectivity index (χ0) is 81.7. The molecule has 8 aromatic heterocycles. The molecule has 27 heteroatoms. The van der Waals surface area contributed by atoms with Crippen LogP contribution in [-0.2, 0) is 57.3 Å². The van der Waals surface area contributed by atoms with E-state index in [0.717, 1.165) is 97.0 Å². The van der Waals surface area contributed by atoms with Crippen LogP contribution in [0.25, 0.3) is 0 Å². The normalized spacial score (nSPS) is 21.0. The molecule has 12 rings (SSSR count). The van der Waals surface area contributed by atoms with Gasteiger partial charge in [0.1, 0.15) is 35.6 Å². The van der Waals surface area contributed by atoms with Crippen LogP contribution in [0, 0.1) is 114 Å². The van der Waals surface area contributed by atoms with Gasteiger partial charge in [0.25, 0.3) is 5.92 Å². The molecule has 0 bridgehead atoms. The topological polar surface area (TPSA) is 345 Å². The van der Waals surface area contributed by atoms with Crippen LogP contribution in [0.4, 0.5) is 32.6 Å². The first-order chi connectivity index (χ1) is 53.7. The van der Waals surface area contributed by atoms with Gasteiger partial charge in [0, 0.05) is 81.4 Å². The molecular weight excluding hydrogens is 1470 g/mol. The molecule has 0 unspecified atom stereocenters. The molecule has 4 aliphatic carbocycles. The van der Waals surface area contributed by atoms with Crippen LogP contribution in [0.15, 0.2) is 98.9 Å². The van der Waals surface area contributed by atoms with Crippen LogP contribution in [0.5, 0.6) is 0 Å². The Morgan fingerprint density at radius 1 is 0.478 bits per heavy atom. The van der Waals surface area contributed by atoms with Crippen molar-refractivity contribution in [2.24, 2.45) is 63.1 Å². The molecule has 0 radical (unpaired) electrons. The van der Waals surface area contributed by atoms with Crippen molar-refractivity contribution >= 4 is 47.0 Å². The monoisotopic (exact) mass is 1580 g/mol. The SMILES string of the molecule is CC(F)(F)c1cncc(CCNc2ncc(C#N)c(C[C@@H]3C[C@H](O)C3(C)C)n2)c1.C[C@H]1CC[C@@H](Cc2nc(NCCc3cc(Cl)c[n+]([O-])c3)ncc2C#N)CC1(C)C.C[C@H]1CC[C@@H](Cc2nc(NCCc3cncc(Cl)c3)ncc2C#N)CC1(C)C.C[C@H]1CC[C@@H](Cc2nc(NCCc3cncnc3)ncc2C#N)CC1(C)C. The number of pyridine rings is 3. The number of anilines is 4. The number of rotatable bonds is 25. The first-order valence-corrected chi connectivity index (χ1v) is 40.2. The number of aromatic nitrogens is 13. The predicted octanol–water partition coefficient (Wildman–Crippen LogP) is 16.6. The smallest absolute Gasteiger partial charge is 0.272 e. The Kier molecular flexibility index (Phi) is 30.7. The van der Waals surface area contributed by atoms with E-state index in [1.54, 1.807) is 37.1 Å². The third-order valence-electron chi connectivity index (χ3n) is 24.1. The number of aliphatic hydroxyl groups excluding tert-OH is 1. The van der Waals surface area contributed by atoms with E-state index in [0.29, 0.717) is 158 Å². The summed E-state index contributed by atoms with van der Waals surface area (Å²) in [6.07, 6.45) is 37.4. The lowest BCUT2D eigenvalue weighted by Gasteiger charge is -2.49. The summed E-state index contributed by atoms with van der Waals surface area (Å²) in [5.41, 5.74) is 9.71. The predicted molar refractivity (Wildman–Crippen MR) is 435 cm³/mol. The number of alkyl halides is 2. The average molecular weight is 1580 g/mol. The minimum absolute atomic E-state index is 0.114. The van der Waals surface area contributed by atoms with Crippen molar-refractivity contribution < 1.29 is 18.6 Å². The average Bonchev–Trinajstić information content (AvgIpc) is 0.765. The van der Waals surface area contributed by atoms with Crippen LogP contribution < -0.4 is 26.0 Å². The van der Waals surface area contributed by atoms with Crippen molar-refractivity contribution in [2.75, 3.05) is 47.4 Å². The van der Waals surface area contributed by atoms with E-state index in [1.165, 1.54) is 88.5 Å². The van der Waals surface area contributed by atoms with Crippen molar-refractivity contribution in [2.45, 2.75) is 211 Å². The van der Waals surface area contributed by atoms with Gasteiger partial charge in [-0.3, -0.25) is 9.97 Å². The molecule has 5 N–H and O–H groups in total. The molecule has 4 saturated carbocycles. The zero-order valence-corrected chi connectivity index (χ0v) is 68.9. The van der Waals surface area contributed by atoms with E-state index in [9.17, 15) is 40.1 Å². The first kappa shape index (κ1) is 87.2. The number of nitriles is 4. The number of halogens is 4. The van der Waals surface area contributed by atoms with Gasteiger partial charge in [-0.1, -0.05) is 99.4 Å². The van der Waals surface area contributed by atoms with E-state index in [1.807, 2.05) is 38.5 Å². The molecule has 0 aliphatic heterocycles. The van der Waals surface area contributed by atoms with Crippen molar-refractivity contribution in [3.63, 3.8) is 0 Å². The fraction of sp³-hybridized carbons (Fsp3) is 0.547. The molecule has 8 atom stereocenters. The summed E-state index contributed by atoms with van der Waals surface area (Å²) in [6, 6.07) is 14.0. The van der Waals surface area contributed by atoms with Gasteiger partial charge in [-0.25, -0.2) is 58.6 Å². The van der Waals surface area contributed by atoms with E-state index in [2.05, 4.69) is 168 Å². The molecular formula is C86H109Cl2F2N21O2. The molecule has 4 aliphatic rings. The molecule has 0 spiro atoms. The third-order valence-corrected chi connectivity index (χ3v) is 24.5. The van der Waals surface area contributed by atoms with E-state index >= 15 is 0 Å². The minimum atomic E-state index is -2.93. The van der Waals surface area contributed by atoms with Gasteiger partial charge in [-0.2, -0.15) is 25.8 Å². The molecule has 0 aromatic carbocycles. The van der Waals surface area contributed by atoms with E-state index in [-0.39, 0.29) is 23.0 Å². The molecule has 4 fully saturated rings. The van der Waals surface area contributed by atoms with Gasteiger partial charge in [0.15, 0.2) is 12.4 Å². The van der Waals surface area contributed by atoms with Crippen molar-refractivity contribution in [3.05, 3.63) is 187 Å². The molecule has 8 aromatic rings. The van der Waals surface area contributed by atoms with Gasteiger partial charge >= 0.3 is 0 Å². The molecule has 0 saturated heterocycles. The highest BCUT2D eigenvalue weighted by molar-refractivity contribution is 6.30. The summed E-state index contributed by atoms with van der Waals surface area (Å²) >= 11 is 11.9. The van der Waals surface area contributed by atoms with Crippen LogP contribution >= 0.6 is 23.2 Å². The van der Waals surface area contributed by atoms with Gasteiger partial charge in [-0.05, 0) is 214 Å². The summed E-state index contributed by atoms with van der Waals surface area (Å²) in [5, 5.41) is 73.0. The highest BCUT2D eigenvalue weighted by atomic mass is 35.5. The number of nitrogens with zero attached hydrogens (tertiary/aromatic N) is 17. The van der Waals surface area contributed by atoms with Crippen LogP contribution in [0.3, 0.4) is 0 Å². The van der Waals surface area contributed by atoms with E-state index < -0.39 is 5.92 Å². The lowest BCUT2D eigenvalue weighted by molar-refractivity contribution is -0.605. The highest BCUT2D eigenvalue weighted by Crippen LogP contribution is 2.49. The Morgan fingerprint density at radius 3 is 1.19 bits per heavy atom. The maximum atomic E-state index is 13.4. The number of hydrogen-bond donors (Lipinski definition) is 5. The largest absolute Gasteiger partial charge is 0.619 e. The van der Waals surface area contributed by atoms with Crippen LogP contribution in [0.2, 0.25) is 10.0 Å². The quantitative estimate of drug-likeness (QED) is 0.0262. The maximum Gasteiger partial charge on any atom is 0.272 e. The van der Waals surface area contributed by atoms with Gasteiger partial charge < -0.3 is 31.6 Å². The summed E-state index contributed by atoms with van der Waals surface area (Å²) in [4.78, 5) is 51.5. The molecule has 23 nitrogen and oxygen atoms in total. The van der Waals surface area contributed by atoms with Crippen LogP contribution in [-0.4, -0.2) is 97.2 Å². The standard InChI is InChI=1S/C22H28ClN5O.C22H28ClN5.C21H25F2N5O.C21H28N6/c1-15-4-5-16(10-22(15,2)3)9-20-18(11-24)12-26-21(27-20)25-7-6-17-8-19(23)14-28(29)13-17;1-15-4-5-16(10-22(15,2)3)9-20-18(11-24)13-27-21(28-20)26-7-6-17-8-19(23)14-25-12-17;1-20(2)15(8-18(20)29)7-17-14(9-24)11-27-19(28-17)26-5-4-13-6-16(12-25-10-13)21(3,22)23;1-15-4-5-16(9-21(15,2)3)8-19-18(10-22)13-26-20(27-19)25-7-6-17-11-23-14-24-12-17/h8,12-16H,4-7,9-10H2,1-3H3,(H,25,26,27);8,12-16H,4-7,9-10H2,1-3H3,(H,26,27,28);6,10-12,15,18,29H,4-5,7-8H2,1-3H3,(H,26,27,28);11-16H,4-9H2,1-3H3,(H,25,26,27)/t2*15-,16-;15-,18+;15-,16-/m0010/s1. The molecule has 113 heavy (non-hydrogen) atoms. The summed E-state index contributed by atoms with van der Waals surface area (Å²) < 4.78 is 27.6. The number of aliphatic hydroxyl groups is 1. The minimum Gasteiger partial charge on any atom is -0.619 e. The lowest BCUT2D eigenvalue weighted by atomic mass is 9.58. The second kappa shape index (κ2) is 39.8. The van der Waals surface area contributed by atoms with Gasteiger partial charge in [0.2, 0.25) is 23.8 Å². The number of hydrogen-bond acceptors (Lipinski definition) is 22. The van der Waals surface area contributed by atoms with Gasteiger partial charge in [-0.15, -0.1) is 0 Å². The summed E-state index contributed by atoms with van der Waals surface area (Å²) in [5.74, 6) is 3.27. The summed E-state index contributed by atoms with van der Waals surface area (Å²) in [6.45, 7) is 28.4. The Morgan fingerprint density at radius 2 is 0.832 bits per heavy atom. The van der Waals surface area contributed by atoms with Crippen LogP contribution in [0.1, 0.15) is 220 Å². The van der Waals surface area contributed by atoms with Crippen molar-refractivity contribution in [1.29, 1.82) is 21.0 Å². The maximum absolute atomic E-state index is 13.4. The van der Waals surface area contributed by atoms with Crippen molar-refractivity contribution in [1.82, 2.24) is 59.8 Å². The van der Waals surface area contributed by atoms with Crippen molar-refractivity contribution in [3.8, 4) is 24.3 Å². The fourth-order valence-electron chi connectivity index (χ4n) is 15.6. The van der Waals surface area contributed by atoms with E-state index in [4.69, 9.17) is 23.2 Å².